The Hall–Kier alpha value is -2.99. The van der Waals surface area contributed by atoms with Crippen LogP contribution in [-0.2, 0) is 16.8 Å². The molecule has 5 nitrogen and oxygen atoms in total. The van der Waals surface area contributed by atoms with Crippen molar-refractivity contribution in [3.05, 3.63) is 94.0 Å². The first-order valence-corrected chi connectivity index (χ1v) is 12.0. The highest BCUT2D eigenvalue weighted by molar-refractivity contribution is 6.30. The highest BCUT2D eigenvalue weighted by Crippen LogP contribution is 2.37. The van der Waals surface area contributed by atoms with Crippen molar-refractivity contribution in [2.75, 3.05) is 19.7 Å². The number of rotatable bonds is 5. The summed E-state index contributed by atoms with van der Waals surface area (Å²) in [7, 11) is 0. The van der Waals surface area contributed by atoms with Gasteiger partial charge in [0.25, 0.3) is 0 Å². The molecule has 3 heterocycles. The molecule has 2 N–H and O–H groups in total. The number of aryl methyl sites for hydroxylation is 3. The number of nitrogens with one attached hydrogen (secondary N) is 2. The average Bonchev–Trinajstić information content (AvgIpc) is 3.29. The van der Waals surface area contributed by atoms with Crippen LogP contribution in [0.15, 0.2) is 60.9 Å². The van der Waals surface area contributed by atoms with Crippen molar-refractivity contribution in [1.29, 1.82) is 0 Å². The topological polar surface area (TPSA) is 62.8 Å². The maximum absolute atomic E-state index is 6.57. The number of halogens is 1. The molecule has 6 heteroatoms. The lowest BCUT2D eigenvalue weighted by Crippen LogP contribution is -2.49. The number of hydrogen-bond acceptors (Lipinski definition) is 4. The van der Waals surface area contributed by atoms with E-state index in [-0.39, 0.29) is 0 Å². The largest absolute Gasteiger partial charge is 0.364 e. The fourth-order valence-corrected chi connectivity index (χ4v) is 5.04. The lowest BCUT2D eigenvalue weighted by Gasteiger charge is -2.37. The zero-order chi connectivity index (χ0) is 23.7. The van der Waals surface area contributed by atoms with Gasteiger partial charge >= 0.3 is 0 Å². The van der Waals surface area contributed by atoms with Gasteiger partial charge in [-0.15, -0.1) is 0 Å². The van der Waals surface area contributed by atoms with Crippen molar-refractivity contribution in [1.82, 2.24) is 20.3 Å². The summed E-state index contributed by atoms with van der Waals surface area (Å²) in [6.45, 7) is 8.65. The number of pyridine rings is 1. The second-order valence-electron chi connectivity index (χ2n) is 9.13. The van der Waals surface area contributed by atoms with Crippen LogP contribution in [0.1, 0.15) is 28.1 Å². The maximum Gasteiger partial charge on any atom is 0.142 e. The van der Waals surface area contributed by atoms with Gasteiger partial charge in [-0.3, -0.25) is 4.98 Å². The molecule has 174 valence electrons. The first-order chi connectivity index (χ1) is 16.4. The maximum atomic E-state index is 6.57. The minimum Gasteiger partial charge on any atom is -0.364 e. The highest BCUT2D eigenvalue weighted by atomic mass is 35.5. The van der Waals surface area contributed by atoms with Gasteiger partial charge in [-0.2, -0.15) is 0 Å². The number of morpholine rings is 1. The summed E-state index contributed by atoms with van der Waals surface area (Å²) in [5.41, 5.74) is 8.41. The minimum atomic E-state index is -0.602. The predicted octanol–water partition coefficient (Wildman–Crippen LogP) is 5.78. The Morgan fingerprint density at radius 2 is 1.68 bits per heavy atom. The Morgan fingerprint density at radius 1 is 0.971 bits per heavy atom. The second-order valence-corrected chi connectivity index (χ2v) is 9.56. The van der Waals surface area contributed by atoms with Crippen LogP contribution >= 0.6 is 11.6 Å². The van der Waals surface area contributed by atoms with Crippen molar-refractivity contribution in [3.8, 4) is 22.5 Å². The molecule has 5 rings (SSSR count). The SMILES string of the molecule is Cc1cc(C)c(CC2(c3nc(-c4ccc(Cl)cc4)c(-c4ccncc4)[nH]3)CNCCO2)c(C)c1. The lowest BCUT2D eigenvalue weighted by atomic mass is 9.87. The molecule has 1 fully saturated rings. The lowest BCUT2D eigenvalue weighted by molar-refractivity contribution is -0.0764. The van der Waals surface area contributed by atoms with E-state index in [1.54, 1.807) is 12.4 Å². The summed E-state index contributed by atoms with van der Waals surface area (Å²) < 4.78 is 6.57. The molecule has 34 heavy (non-hydrogen) atoms. The smallest absolute Gasteiger partial charge is 0.142 e. The fraction of sp³-hybridized carbons (Fsp3) is 0.286. The van der Waals surface area contributed by atoms with Gasteiger partial charge < -0.3 is 15.0 Å². The molecular weight excluding hydrogens is 444 g/mol. The third-order valence-corrected chi connectivity index (χ3v) is 6.84. The number of H-pyrrole nitrogens is 1. The molecule has 0 radical (unpaired) electrons. The first kappa shape index (κ1) is 22.8. The Bertz CT molecular complexity index is 1270. The van der Waals surface area contributed by atoms with E-state index in [9.17, 15) is 0 Å². The predicted molar refractivity (Wildman–Crippen MR) is 137 cm³/mol. The normalized spacial score (nSPS) is 18.2. The fourth-order valence-electron chi connectivity index (χ4n) is 4.92. The molecule has 2 aromatic heterocycles. The van der Waals surface area contributed by atoms with E-state index in [0.717, 1.165) is 41.3 Å². The Kier molecular flexibility index (Phi) is 6.26. The third-order valence-electron chi connectivity index (χ3n) is 6.59. The van der Waals surface area contributed by atoms with E-state index >= 15 is 0 Å². The molecule has 1 atom stereocenters. The summed E-state index contributed by atoms with van der Waals surface area (Å²) in [6, 6.07) is 16.3. The van der Waals surface area contributed by atoms with Gasteiger partial charge in [0.2, 0.25) is 0 Å². The van der Waals surface area contributed by atoms with Crippen LogP contribution in [0, 0.1) is 20.8 Å². The summed E-state index contributed by atoms with van der Waals surface area (Å²) in [6.07, 6.45) is 4.34. The molecule has 2 aromatic carbocycles. The molecule has 1 aliphatic rings. The number of imidazole rings is 1. The van der Waals surface area contributed by atoms with E-state index < -0.39 is 5.60 Å². The monoisotopic (exact) mass is 472 g/mol. The van der Waals surface area contributed by atoms with E-state index in [1.165, 1.54) is 22.3 Å². The van der Waals surface area contributed by atoms with E-state index in [1.807, 2.05) is 36.4 Å². The van der Waals surface area contributed by atoms with E-state index in [4.69, 9.17) is 21.3 Å². The van der Waals surface area contributed by atoms with Crippen LogP contribution in [0.3, 0.4) is 0 Å². The number of aromatic nitrogens is 3. The second kappa shape index (κ2) is 9.34. The minimum absolute atomic E-state index is 0.602. The molecule has 0 aliphatic carbocycles. The molecule has 0 amide bonds. The highest BCUT2D eigenvalue weighted by Gasteiger charge is 2.40. The number of hydrogen-bond donors (Lipinski definition) is 2. The Balaban J connectivity index is 1.66. The van der Waals surface area contributed by atoms with Crippen molar-refractivity contribution >= 4 is 11.6 Å². The first-order valence-electron chi connectivity index (χ1n) is 11.6. The van der Waals surface area contributed by atoms with Crippen LogP contribution in [0.5, 0.6) is 0 Å². The molecule has 0 spiro atoms. The van der Waals surface area contributed by atoms with Gasteiger partial charge in [-0.25, -0.2) is 4.98 Å². The van der Waals surface area contributed by atoms with Gasteiger partial charge in [0, 0.05) is 48.1 Å². The number of aromatic amines is 1. The summed E-state index contributed by atoms with van der Waals surface area (Å²) in [5, 5.41) is 4.25. The van der Waals surface area contributed by atoms with E-state index in [2.05, 4.69) is 48.2 Å². The van der Waals surface area contributed by atoms with Crippen LogP contribution in [0.2, 0.25) is 5.02 Å². The molecular formula is C28H29ClN4O. The molecule has 1 aliphatic heterocycles. The quantitative estimate of drug-likeness (QED) is 0.386. The van der Waals surface area contributed by atoms with Crippen molar-refractivity contribution in [2.24, 2.45) is 0 Å². The van der Waals surface area contributed by atoms with Crippen LogP contribution in [0.4, 0.5) is 0 Å². The average molecular weight is 473 g/mol. The van der Waals surface area contributed by atoms with Crippen LogP contribution in [0.25, 0.3) is 22.5 Å². The molecule has 0 bridgehead atoms. The van der Waals surface area contributed by atoms with Crippen LogP contribution < -0.4 is 5.32 Å². The third kappa shape index (κ3) is 4.39. The summed E-state index contributed by atoms with van der Waals surface area (Å²) >= 11 is 6.17. The summed E-state index contributed by atoms with van der Waals surface area (Å²) in [5.74, 6) is 0.829. The van der Waals surface area contributed by atoms with Crippen molar-refractivity contribution in [2.45, 2.75) is 32.8 Å². The number of nitrogens with zero attached hydrogens (tertiary/aromatic N) is 2. The Labute approximate surface area is 205 Å². The van der Waals surface area contributed by atoms with Crippen molar-refractivity contribution in [3.63, 3.8) is 0 Å². The van der Waals surface area contributed by atoms with Gasteiger partial charge in [0.05, 0.1) is 18.0 Å². The van der Waals surface area contributed by atoms with Crippen LogP contribution in [-0.4, -0.2) is 34.6 Å². The van der Waals surface area contributed by atoms with Gasteiger partial charge in [0.15, 0.2) is 0 Å². The van der Waals surface area contributed by atoms with Gasteiger partial charge in [-0.1, -0.05) is 41.4 Å². The molecule has 1 unspecified atom stereocenters. The zero-order valence-electron chi connectivity index (χ0n) is 19.8. The van der Waals surface area contributed by atoms with Gasteiger partial charge in [-0.05, 0) is 61.7 Å². The standard InChI is InChI=1S/C28H29ClN4O/c1-18-14-19(2)24(20(3)15-18)16-28(17-31-12-13-34-28)27-32-25(21-4-6-23(29)7-5-21)26(33-27)22-8-10-30-11-9-22/h4-11,14-15,31H,12-13,16-17H2,1-3H3,(H,32,33). The van der Waals surface area contributed by atoms with Gasteiger partial charge in [0.1, 0.15) is 11.4 Å². The molecule has 1 saturated heterocycles. The zero-order valence-corrected chi connectivity index (χ0v) is 20.5. The Morgan fingerprint density at radius 3 is 2.32 bits per heavy atom. The number of benzene rings is 2. The summed E-state index contributed by atoms with van der Waals surface area (Å²) in [4.78, 5) is 13.0. The molecule has 0 saturated carbocycles. The van der Waals surface area contributed by atoms with Crippen molar-refractivity contribution < 1.29 is 4.74 Å². The molecule has 4 aromatic rings. The number of ether oxygens (including phenoxy) is 1. The van der Waals surface area contributed by atoms with E-state index in [0.29, 0.717) is 18.2 Å².